The van der Waals surface area contributed by atoms with E-state index >= 15 is 0 Å². The predicted molar refractivity (Wildman–Crippen MR) is 148 cm³/mol. The maximum Gasteiger partial charge on any atom is 0.283 e. The molecule has 0 bridgehead atoms. The molecule has 10 heteroatoms. The minimum absolute atomic E-state index is 0.0435. The lowest BCUT2D eigenvalue weighted by Crippen LogP contribution is -2.35. The van der Waals surface area contributed by atoms with Crippen molar-refractivity contribution in [3.05, 3.63) is 89.3 Å². The van der Waals surface area contributed by atoms with Crippen LogP contribution in [0.25, 0.3) is 6.08 Å². The van der Waals surface area contributed by atoms with E-state index in [-0.39, 0.29) is 11.4 Å². The van der Waals surface area contributed by atoms with Gasteiger partial charge in [-0.15, -0.1) is 0 Å². The number of aryl methyl sites for hydroxylation is 1. The van der Waals surface area contributed by atoms with Gasteiger partial charge in [0.15, 0.2) is 17.3 Å². The van der Waals surface area contributed by atoms with Gasteiger partial charge < -0.3 is 14.2 Å². The van der Waals surface area contributed by atoms with E-state index in [1.807, 2.05) is 44.2 Å². The highest BCUT2D eigenvalue weighted by Gasteiger charge is 2.36. The number of carbonyl (C=O) groups is 1. The molecule has 2 aliphatic heterocycles. The molecule has 0 radical (unpaired) electrons. The van der Waals surface area contributed by atoms with Gasteiger partial charge in [0, 0.05) is 18.0 Å². The maximum absolute atomic E-state index is 12.8. The summed E-state index contributed by atoms with van der Waals surface area (Å²) in [5.74, 6) is 1.35. The first-order chi connectivity index (χ1) is 18.5. The summed E-state index contributed by atoms with van der Waals surface area (Å²) < 4.78 is 17.4. The predicted octanol–water partition coefficient (Wildman–Crippen LogP) is 4.91. The Kier molecular flexibility index (Phi) is 7.50. The SMILES string of the molecule is CCOc1cc(C=C2C(=N)N3N=C(c4cccnc4)SC3=NC2=O)ccc1OCCOc1cccc(C)c1. The molecule has 0 saturated carbocycles. The number of carbonyl (C=O) groups excluding carboxylic acids is 1. The third-order valence-corrected chi connectivity index (χ3v) is 6.50. The summed E-state index contributed by atoms with van der Waals surface area (Å²) in [5.41, 5.74) is 2.73. The van der Waals surface area contributed by atoms with Crippen molar-refractivity contribution in [1.29, 1.82) is 5.41 Å². The van der Waals surface area contributed by atoms with Crippen molar-refractivity contribution in [2.45, 2.75) is 13.8 Å². The van der Waals surface area contributed by atoms with Crippen molar-refractivity contribution in [3.8, 4) is 17.2 Å². The monoisotopic (exact) mass is 527 g/mol. The fourth-order valence-corrected chi connectivity index (χ4v) is 4.66. The van der Waals surface area contributed by atoms with E-state index in [4.69, 9.17) is 19.6 Å². The van der Waals surface area contributed by atoms with Gasteiger partial charge in [0.25, 0.3) is 5.91 Å². The Bertz CT molecular complexity index is 1470. The lowest BCUT2D eigenvalue weighted by molar-refractivity contribution is -0.114. The van der Waals surface area contributed by atoms with Gasteiger partial charge in [-0.25, -0.2) is 0 Å². The van der Waals surface area contributed by atoms with Crippen molar-refractivity contribution < 1.29 is 19.0 Å². The first-order valence-electron chi connectivity index (χ1n) is 12.0. The van der Waals surface area contributed by atoms with E-state index in [0.717, 1.165) is 16.9 Å². The summed E-state index contributed by atoms with van der Waals surface area (Å²) in [6, 6.07) is 16.9. The van der Waals surface area contributed by atoms with Gasteiger partial charge in [-0.05, 0) is 79.2 Å². The summed E-state index contributed by atoms with van der Waals surface area (Å²) >= 11 is 1.23. The zero-order valence-corrected chi connectivity index (χ0v) is 21.7. The van der Waals surface area contributed by atoms with Gasteiger partial charge in [-0.1, -0.05) is 18.2 Å². The smallest absolute Gasteiger partial charge is 0.283 e. The van der Waals surface area contributed by atoms with Crippen LogP contribution in [0.1, 0.15) is 23.6 Å². The van der Waals surface area contributed by atoms with Gasteiger partial charge in [0.1, 0.15) is 24.0 Å². The normalized spacial score (nSPS) is 15.7. The number of aliphatic imine (C=N–C) groups is 1. The van der Waals surface area contributed by atoms with Crippen molar-refractivity contribution in [2.75, 3.05) is 19.8 Å². The average Bonchev–Trinajstić information content (AvgIpc) is 3.35. The second-order valence-electron chi connectivity index (χ2n) is 8.32. The third kappa shape index (κ3) is 5.60. The largest absolute Gasteiger partial charge is 0.490 e. The van der Waals surface area contributed by atoms with Crippen LogP contribution in [-0.4, -0.2) is 51.8 Å². The molecule has 192 valence electrons. The summed E-state index contributed by atoms with van der Waals surface area (Å²) in [4.78, 5) is 21.1. The molecule has 1 N–H and O–H groups in total. The standard InChI is InChI=1S/C28H25N5O4S/c1-3-35-24-16-19(9-10-23(24)37-13-12-36-21-8-4-6-18(2)14-21)15-22-25(29)33-28(31-26(22)34)38-27(32-33)20-7-5-11-30-17-20/h4-11,14-17,29H,3,12-13H2,1-2H3. The molecule has 0 spiro atoms. The molecule has 2 aliphatic rings. The zero-order valence-electron chi connectivity index (χ0n) is 20.9. The van der Waals surface area contributed by atoms with Gasteiger partial charge in [0.05, 0.1) is 12.2 Å². The summed E-state index contributed by atoms with van der Waals surface area (Å²) in [6.45, 7) is 5.05. The van der Waals surface area contributed by atoms with Crippen molar-refractivity contribution in [1.82, 2.24) is 9.99 Å². The molecule has 0 saturated heterocycles. The van der Waals surface area contributed by atoms with Crippen molar-refractivity contribution in [2.24, 2.45) is 10.1 Å². The Hall–Kier alpha value is -4.44. The van der Waals surface area contributed by atoms with Crippen LogP contribution < -0.4 is 14.2 Å². The minimum Gasteiger partial charge on any atom is -0.490 e. The number of amidine groups is 2. The van der Waals surface area contributed by atoms with Crippen LogP contribution in [0.4, 0.5) is 0 Å². The number of hydrazone groups is 1. The second kappa shape index (κ2) is 11.3. The Morgan fingerprint density at radius 1 is 1.03 bits per heavy atom. The molecule has 3 heterocycles. The Labute approximate surface area is 224 Å². The number of aromatic nitrogens is 1. The average molecular weight is 528 g/mol. The van der Waals surface area contributed by atoms with Crippen LogP contribution in [0.5, 0.6) is 17.2 Å². The van der Waals surface area contributed by atoms with Crippen LogP contribution >= 0.6 is 11.8 Å². The fraction of sp³-hybridized carbons (Fsp3) is 0.179. The van der Waals surface area contributed by atoms with E-state index in [0.29, 0.717) is 47.1 Å². The highest BCUT2D eigenvalue weighted by molar-refractivity contribution is 8.27. The lowest BCUT2D eigenvalue weighted by atomic mass is 10.1. The number of pyridine rings is 1. The highest BCUT2D eigenvalue weighted by Crippen LogP contribution is 2.33. The topological polar surface area (TPSA) is 109 Å². The molecule has 3 aromatic rings. The van der Waals surface area contributed by atoms with Crippen LogP contribution in [0, 0.1) is 12.3 Å². The lowest BCUT2D eigenvalue weighted by Gasteiger charge is -2.20. The summed E-state index contributed by atoms with van der Waals surface area (Å²) in [5, 5.41) is 15.5. The number of fused-ring (bicyclic) bond motifs is 1. The number of nitrogens with zero attached hydrogens (tertiary/aromatic N) is 4. The molecule has 2 aromatic carbocycles. The molecule has 1 amide bonds. The quantitative estimate of drug-likeness (QED) is 0.311. The molecule has 0 atom stereocenters. The van der Waals surface area contributed by atoms with Crippen LogP contribution in [-0.2, 0) is 4.79 Å². The number of hydrogen-bond donors (Lipinski definition) is 1. The maximum atomic E-state index is 12.8. The minimum atomic E-state index is -0.497. The molecular formula is C28H25N5O4S. The number of ether oxygens (including phenoxy) is 3. The molecule has 9 nitrogen and oxygen atoms in total. The summed E-state index contributed by atoms with van der Waals surface area (Å²) in [7, 11) is 0. The fourth-order valence-electron chi connectivity index (χ4n) is 3.78. The molecule has 38 heavy (non-hydrogen) atoms. The number of amides is 1. The Morgan fingerprint density at radius 2 is 1.89 bits per heavy atom. The summed E-state index contributed by atoms with van der Waals surface area (Å²) in [6.07, 6.45) is 4.97. The van der Waals surface area contributed by atoms with Gasteiger partial charge in [-0.2, -0.15) is 15.1 Å². The molecular weight excluding hydrogens is 502 g/mol. The molecule has 5 rings (SSSR count). The second-order valence-corrected chi connectivity index (χ2v) is 9.28. The van der Waals surface area contributed by atoms with Gasteiger partial charge in [0.2, 0.25) is 5.17 Å². The number of benzene rings is 2. The number of rotatable bonds is 9. The third-order valence-electron chi connectivity index (χ3n) is 5.54. The highest BCUT2D eigenvalue weighted by atomic mass is 32.2. The molecule has 0 fully saturated rings. The van der Waals surface area contributed by atoms with E-state index in [1.54, 1.807) is 42.7 Å². The van der Waals surface area contributed by atoms with Gasteiger partial charge in [-0.3, -0.25) is 15.2 Å². The van der Waals surface area contributed by atoms with Crippen LogP contribution in [0.2, 0.25) is 0 Å². The molecule has 1 aromatic heterocycles. The molecule has 0 aliphatic carbocycles. The van der Waals surface area contributed by atoms with E-state index in [1.165, 1.54) is 16.8 Å². The first kappa shape index (κ1) is 25.2. The molecule has 0 unspecified atom stereocenters. The first-order valence-corrected chi connectivity index (χ1v) is 12.8. The van der Waals surface area contributed by atoms with E-state index in [2.05, 4.69) is 15.1 Å². The Balaban J connectivity index is 1.30. The van der Waals surface area contributed by atoms with Crippen molar-refractivity contribution >= 4 is 39.8 Å². The van der Waals surface area contributed by atoms with Crippen LogP contribution in [0.15, 0.2) is 82.7 Å². The van der Waals surface area contributed by atoms with Crippen molar-refractivity contribution in [3.63, 3.8) is 0 Å². The Morgan fingerprint density at radius 3 is 2.68 bits per heavy atom. The van der Waals surface area contributed by atoms with E-state index in [9.17, 15) is 4.79 Å². The number of thioether (sulfide) groups is 1. The number of nitrogens with one attached hydrogen (secondary N) is 1. The van der Waals surface area contributed by atoms with Gasteiger partial charge >= 0.3 is 0 Å². The van der Waals surface area contributed by atoms with Crippen LogP contribution in [0.3, 0.4) is 0 Å². The number of hydrogen-bond acceptors (Lipinski definition) is 8. The van der Waals surface area contributed by atoms with E-state index < -0.39 is 5.91 Å². The zero-order chi connectivity index (χ0) is 26.5.